The number of amides is 2. The van der Waals surface area contributed by atoms with Gasteiger partial charge in [0, 0.05) is 18.2 Å². The van der Waals surface area contributed by atoms with Gasteiger partial charge in [-0.15, -0.1) is 0 Å². The summed E-state index contributed by atoms with van der Waals surface area (Å²) >= 11 is 12.0. The largest absolute Gasteiger partial charge is 0.376 e. The number of rotatable bonds is 8. The number of carbonyl (C=O) groups excluding carboxylic acids is 2. The molecular formula is C21H23Cl2N3O5S. The van der Waals surface area contributed by atoms with E-state index < -0.39 is 22.5 Å². The van der Waals surface area contributed by atoms with E-state index in [-0.39, 0.29) is 34.0 Å². The van der Waals surface area contributed by atoms with Crippen LogP contribution in [-0.2, 0) is 19.6 Å². The first-order valence-electron chi connectivity index (χ1n) is 9.86. The molecule has 11 heteroatoms. The molecule has 0 radical (unpaired) electrons. The van der Waals surface area contributed by atoms with Gasteiger partial charge >= 0.3 is 0 Å². The molecule has 1 aliphatic rings. The number of sulfonamides is 1. The molecule has 32 heavy (non-hydrogen) atoms. The number of nitrogens with zero attached hydrogens (tertiary/aromatic N) is 1. The van der Waals surface area contributed by atoms with Crippen molar-refractivity contribution in [1.82, 2.24) is 5.32 Å². The molecule has 0 spiro atoms. The second-order valence-corrected chi connectivity index (χ2v) is 10.1. The first kappa shape index (κ1) is 24.3. The summed E-state index contributed by atoms with van der Waals surface area (Å²) in [5.41, 5.74) is 0.642. The van der Waals surface area contributed by atoms with Crippen molar-refractivity contribution in [3.63, 3.8) is 0 Å². The summed E-state index contributed by atoms with van der Waals surface area (Å²) in [7, 11) is -3.83. The zero-order valence-electron chi connectivity index (χ0n) is 17.3. The lowest BCUT2D eigenvalue weighted by molar-refractivity contribution is -0.114. The van der Waals surface area contributed by atoms with Crippen molar-refractivity contribution < 1.29 is 22.7 Å². The Morgan fingerprint density at radius 1 is 1.19 bits per heavy atom. The minimum atomic E-state index is -3.83. The number of anilines is 2. The van der Waals surface area contributed by atoms with Crippen molar-refractivity contribution in [2.24, 2.45) is 0 Å². The summed E-state index contributed by atoms with van der Waals surface area (Å²) in [5.74, 6) is -1.00. The van der Waals surface area contributed by atoms with Crippen LogP contribution in [0.2, 0.25) is 10.0 Å². The van der Waals surface area contributed by atoms with Crippen LogP contribution in [0.15, 0.2) is 42.5 Å². The lowest BCUT2D eigenvalue weighted by Gasteiger charge is -2.23. The number of halogens is 2. The van der Waals surface area contributed by atoms with E-state index >= 15 is 0 Å². The van der Waals surface area contributed by atoms with Gasteiger partial charge < -0.3 is 15.4 Å². The van der Waals surface area contributed by atoms with E-state index in [9.17, 15) is 18.0 Å². The smallest absolute Gasteiger partial charge is 0.253 e. The van der Waals surface area contributed by atoms with Gasteiger partial charge in [-0.05, 0) is 43.2 Å². The maximum absolute atomic E-state index is 12.7. The fraction of sp³-hybridized carbons (Fsp3) is 0.333. The highest BCUT2D eigenvalue weighted by molar-refractivity contribution is 7.92. The predicted octanol–water partition coefficient (Wildman–Crippen LogP) is 3.31. The van der Waals surface area contributed by atoms with Gasteiger partial charge in [0.15, 0.2) is 0 Å². The highest BCUT2D eigenvalue weighted by Gasteiger charge is 2.24. The molecule has 1 saturated heterocycles. The third-order valence-corrected chi connectivity index (χ3v) is 6.49. The quantitative estimate of drug-likeness (QED) is 0.579. The number of nitrogens with one attached hydrogen (secondary N) is 2. The number of hydrogen-bond acceptors (Lipinski definition) is 5. The Bertz CT molecular complexity index is 1100. The second-order valence-electron chi connectivity index (χ2n) is 7.30. The van der Waals surface area contributed by atoms with Crippen LogP contribution in [0.1, 0.15) is 23.2 Å². The van der Waals surface area contributed by atoms with Gasteiger partial charge in [0.05, 0.1) is 34.3 Å². The van der Waals surface area contributed by atoms with Gasteiger partial charge in [-0.3, -0.25) is 13.9 Å². The van der Waals surface area contributed by atoms with Crippen molar-refractivity contribution >= 4 is 56.4 Å². The zero-order valence-corrected chi connectivity index (χ0v) is 19.6. The summed E-state index contributed by atoms with van der Waals surface area (Å²) < 4.78 is 31.0. The average Bonchev–Trinajstić information content (AvgIpc) is 3.24. The monoisotopic (exact) mass is 499 g/mol. The Hall–Kier alpha value is -2.33. The number of ether oxygens (including phenoxy) is 1. The van der Waals surface area contributed by atoms with Crippen molar-refractivity contribution in [1.29, 1.82) is 0 Å². The molecule has 0 bridgehead atoms. The lowest BCUT2D eigenvalue weighted by Crippen LogP contribution is -2.38. The third-order valence-electron chi connectivity index (χ3n) is 4.83. The molecule has 2 amide bonds. The topological polar surface area (TPSA) is 105 Å². The highest BCUT2D eigenvalue weighted by Crippen LogP contribution is 2.30. The molecule has 172 valence electrons. The molecule has 3 rings (SSSR count). The molecule has 2 aromatic carbocycles. The van der Waals surface area contributed by atoms with E-state index in [1.54, 1.807) is 24.3 Å². The normalized spacial score (nSPS) is 15.9. The van der Waals surface area contributed by atoms with Gasteiger partial charge in [-0.2, -0.15) is 0 Å². The van der Waals surface area contributed by atoms with Crippen LogP contribution < -0.4 is 14.9 Å². The molecule has 0 unspecified atom stereocenters. The number of carbonyl (C=O) groups is 2. The van der Waals surface area contributed by atoms with Crippen molar-refractivity contribution in [2.75, 3.05) is 35.6 Å². The van der Waals surface area contributed by atoms with Gasteiger partial charge in [-0.25, -0.2) is 8.42 Å². The Labute approximate surface area is 196 Å². The Kier molecular flexibility index (Phi) is 8.00. The first-order valence-corrected chi connectivity index (χ1v) is 12.5. The van der Waals surface area contributed by atoms with Crippen LogP contribution in [0.25, 0.3) is 0 Å². The summed E-state index contributed by atoms with van der Waals surface area (Å²) in [4.78, 5) is 25.4. The average molecular weight is 500 g/mol. The molecule has 0 aromatic heterocycles. The Morgan fingerprint density at radius 2 is 1.94 bits per heavy atom. The van der Waals surface area contributed by atoms with E-state index in [2.05, 4.69) is 10.6 Å². The van der Waals surface area contributed by atoms with Crippen LogP contribution in [0.3, 0.4) is 0 Å². The summed E-state index contributed by atoms with van der Waals surface area (Å²) in [6.07, 6.45) is 2.79. The molecule has 8 nitrogen and oxygen atoms in total. The Balaban J connectivity index is 1.73. The van der Waals surface area contributed by atoms with E-state index in [1.807, 2.05) is 0 Å². The zero-order chi connectivity index (χ0) is 23.3. The molecular weight excluding hydrogens is 477 g/mol. The molecule has 1 fully saturated rings. The van der Waals surface area contributed by atoms with Crippen molar-refractivity contribution in [3.8, 4) is 0 Å². The summed E-state index contributed by atoms with van der Waals surface area (Å²) in [6.45, 7) is 0.520. The molecule has 2 N–H and O–H groups in total. The fourth-order valence-electron chi connectivity index (χ4n) is 3.28. The first-order chi connectivity index (χ1) is 15.1. The number of hydrogen-bond donors (Lipinski definition) is 2. The number of para-hydroxylation sites is 1. The van der Waals surface area contributed by atoms with Gasteiger partial charge in [0.2, 0.25) is 15.9 Å². The molecule has 1 atom stereocenters. The summed E-state index contributed by atoms with van der Waals surface area (Å²) in [5, 5.41) is 5.84. The third kappa shape index (κ3) is 6.35. The highest BCUT2D eigenvalue weighted by atomic mass is 35.5. The Morgan fingerprint density at radius 3 is 2.59 bits per heavy atom. The van der Waals surface area contributed by atoms with Gasteiger partial charge in [0.1, 0.15) is 6.54 Å². The van der Waals surface area contributed by atoms with Crippen LogP contribution in [-0.4, -0.2) is 52.3 Å². The maximum atomic E-state index is 12.7. The SMILES string of the molecule is CS(=O)(=O)N(CC(=O)Nc1ccccc1C(=O)NC[C@@H]1CCCO1)c1ccc(Cl)cc1Cl. The molecule has 1 aliphatic heterocycles. The molecule has 2 aromatic rings. The van der Waals surface area contributed by atoms with Gasteiger partial charge in [0.25, 0.3) is 5.91 Å². The lowest BCUT2D eigenvalue weighted by atomic mass is 10.1. The van der Waals surface area contributed by atoms with E-state index in [1.165, 1.54) is 18.2 Å². The molecule has 0 aliphatic carbocycles. The minimum Gasteiger partial charge on any atom is -0.376 e. The fourth-order valence-corrected chi connectivity index (χ4v) is 4.71. The number of benzene rings is 2. The minimum absolute atomic E-state index is 0.0202. The van der Waals surface area contributed by atoms with Gasteiger partial charge in [-0.1, -0.05) is 35.3 Å². The summed E-state index contributed by atoms with van der Waals surface area (Å²) in [6, 6.07) is 10.8. The maximum Gasteiger partial charge on any atom is 0.253 e. The molecule has 1 heterocycles. The predicted molar refractivity (Wildman–Crippen MR) is 125 cm³/mol. The van der Waals surface area contributed by atoms with Crippen LogP contribution >= 0.6 is 23.2 Å². The van der Waals surface area contributed by atoms with Crippen LogP contribution in [0.5, 0.6) is 0 Å². The molecule has 0 saturated carbocycles. The van der Waals surface area contributed by atoms with E-state index in [4.69, 9.17) is 27.9 Å². The van der Waals surface area contributed by atoms with Crippen LogP contribution in [0.4, 0.5) is 11.4 Å². The standard InChI is InChI=1S/C21H23Cl2N3O5S/c1-32(29,30)26(19-9-8-14(22)11-17(19)23)13-20(27)25-18-7-3-2-6-16(18)21(28)24-12-15-5-4-10-31-15/h2-3,6-9,11,15H,4-5,10,12-13H2,1H3,(H,24,28)(H,25,27)/t15-/m0/s1. The van der Waals surface area contributed by atoms with E-state index in [0.717, 1.165) is 23.4 Å². The van der Waals surface area contributed by atoms with Crippen molar-refractivity contribution in [2.45, 2.75) is 18.9 Å². The van der Waals surface area contributed by atoms with Crippen LogP contribution in [0, 0.1) is 0 Å². The van der Waals surface area contributed by atoms with Crippen molar-refractivity contribution in [3.05, 3.63) is 58.1 Å². The van der Waals surface area contributed by atoms with E-state index in [0.29, 0.717) is 18.2 Å². The second kappa shape index (κ2) is 10.5.